The lowest BCUT2D eigenvalue weighted by Gasteiger charge is -1.97. The summed E-state index contributed by atoms with van der Waals surface area (Å²) in [4.78, 5) is 4.16. The highest BCUT2D eigenvalue weighted by atomic mass is 35.5. The Hall–Kier alpha value is -1.26. The average molecular weight is 241 g/mol. The smallest absolute Gasteiger partial charge is 0.208 e. The van der Waals surface area contributed by atoms with Crippen LogP contribution in [0.2, 0.25) is 5.22 Å². The van der Waals surface area contributed by atoms with Gasteiger partial charge in [0.1, 0.15) is 0 Å². The van der Waals surface area contributed by atoms with E-state index in [1.165, 1.54) is 6.26 Å². The van der Waals surface area contributed by atoms with Gasteiger partial charge >= 0.3 is 0 Å². The number of oxazole rings is 1. The molecule has 0 aliphatic carbocycles. The van der Waals surface area contributed by atoms with Gasteiger partial charge in [0.25, 0.3) is 0 Å². The highest BCUT2D eigenvalue weighted by molar-refractivity contribution is 6.31. The van der Waals surface area contributed by atoms with E-state index >= 15 is 0 Å². The largest absolute Gasteiger partial charge is 0.452 e. The maximum absolute atomic E-state index is 5.84. The Bertz CT molecular complexity index is 450. The number of furan rings is 1. The van der Waals surface area contributed by atoms with Crippen LogP contribution in [-0.2, 0) is 6.54 Å². The Kier molecular flexibility index (Phi) is 3.64. The van der Waals surface area contributed by atoms with Gasteiger partial charge in [-0.1, -0.05) is 6.92 Å². The highest BCUT2D eigenvalue weighted by Crippen LogP contribution is 2.29. The van der Waals surface area contributed by atoms with Crippen molar-refractivity contribution in [1.82, 2.24) is 10.3 Å². The monoisotopic (exact) mass is 240 g/mol. The van der Waals surface area contributed by atoms with E-state index < -0.39 is 0 Å². The van der Waals surface area contributed by atoms with Crippen LogP contribution >= 0.6 is 11.6 Å². The predicted molar refractivity (Wildman–Crippen MR) is 61.2 cm³/mol. The van der Waals surface area contributed by atoms with Crippen LogP contribution in [-0.4, -0.2) is 11.5 Å². The predicted octanol–water partition coefficient (Wildman–Crippen LogP) is 3.09. The SMILES string of the molecule is CCCNCc1ncc(-c2ccoc2Cl)o1. The third-order valence-electron chi connectivity index (χ3n) is 2.14. The van der Waals surface area contributed by atoms with Gasteiger partial charge in [-0.3, -0.25) is 0 Å². The van der Waals surface area contributed by atoms with Gasteiger partial charge in [-0.2, -0.15) is 0 Å². The van der Waals surface area contributed by atoms with Crippen LogP contribution in [0, 0.1) is 0 Å². The van der Waals surface area contributed by atoms with E-state index in [1.54, 1.807) is 12.3 Å². The number of rotatable bonds is 5. The molecular formula is C11H13ClN2O2. The van der Waals surface area contributed by atoms with Crippen molar-refractivity contribution in [2.24, 2.45) is 0 Å². The minimum atomic E-state index is 0.323. The van der Waals surface area contributed by atoms with Crippen LogP contribution < -0.4 is 5.32 Å². The van der Waals surface area contributed by atoms with Crippen LogP contribution in [0.3, 0.4) is 0 Å². The van der Waals surface area contributed by atoms with E-state index in [4.69, 9.17) is 20.4 Å². The number of hydrogen-bond acceptors (Lipinski definition) is 4. The van der Waals surface area contributed by atoms with Crippen molar-refractivity contribution in [3.8, 4) is 11.3 Å². The minimum Gasteiger partial charge on any atom is -0.452 e. The quantitative estimate of drug-likeness (QED) is 0.816. The number of nitrogens with one attached hydrogen (secondary N) is 1. The molecule has 0 unspecified atom stereocenters. The Morgan fingerprint density at radius 3 is 3.06 bits per heavy atom. The minimum absolute atomic E-state index is 0.323. The molecule has 0 saturated heterocycles. The number of nitrogens with zero attached hydrogens (tertiary/aromatic N) is 1. The first kappa shape index (κ1) is 11.2. The van der Waals surface area contributed by atoms with Gasteiger partial charge in [0.05, 0.1) is 24.6 Å². The van der Waals surface area contributed by atoms with Crippen molar-refractivity contribution < 1.29 is 8.83 Å². The van der Waals surface area contributed by atoms with Gasteiger partial charge < -0.3 is 14.2 Å². The van der Waals surface area contributed by atoms with Crippen molar-refractivity contribution in [2.45, 2.75) is 19.9 Å². The highest BCUT2D eigenvalue weighted by Gasteiger charge is 2.11. The van der Waals surface area contributed by atoms with E-state index in [2.05, 4.69) is 17.2 Å². The van der Waals surface area contributed by atoms with Crippen LogP contribution in [0.25, 0.3) is 11.3 Å². The molecule has 0 spiro atoms. The summed E-state index contributed by atoms with van der Waals surface area (Å²) < 4.78 is 10.5. The van der Waals surface area contributed by atoms with E-state index in [0.717, 1.165) is 18.5 Å². The van der Waals surface area contributed by atoms with Crippen molar-refractivity contribution >= 4 is 11.6 Å². The van der Waals surface area contributed by atoms with Gasteiger partial charge in [0.2, 0.25) is 11.1 Å². The number of aromatic nitrogens is 1. The molecule has 0 saturated carbocycles. The van der Waals surface area contributed by atoms with Crippen molar-refractivity contribution in [2.75, 3.05) is 6.54 Å². The standard InChI is InChI=1S/C11H13ClN2O2/c1-2-4-13-7-10-14-6-9(16-10)8-3-5-15-11(8)12/h3,5-6,13H,2,4,7H2,1H3. The van der Waals surface area contributed by atoms with Crippen LogP contribution in [0.5, 0.6) is 0 Å². The van der Waals surface area contributed by atoms with Gasteiger partial charge in [0.15, 0.2) is 5.76 Å². The van der Waals surface area contributed by atoms with Crippen molar-refractivity contribution in [3.63, 3.8) is 0 Å². The molecular weight excluding hydrogens is 228 g/mol. The fourth-order valence-electron chi connectivity index (χ4n) is 1.36. The summed E-state index contributed by atoms with van der Waals surface area (Å²) in [6.45, 7) is 3.69. The molecule has 2 aromatic rings. The fourth-order valence-corrected chi connectivity index (χ4v) is 1.57. The molecule has 16 heavy (non-hydrogen) atoms. The van der Waals surface area contributed by atoms with Gasteiger partial charge in [-0.15, -0.1) is 0 Å². The summed E-state index contributed by atoms with van der Waals surface area (Å²) in [6.07, 6.45) is 4.26. The zero-order valence-electron chi connectivity index (χ0n) is 9.00. The summed E-state index contributed by atoms with van der Waals surface area (Å²) in [6, 6.07) is 1.76. The lowest BCUT2D eigenvalue weighted by Crippen LogP contribution is -2.13. The molecule has 2 heterocycles. The lowest BCUT2D eigenvalue weighted by atomic mass is 10.3. The molecule has 86 valence electrons. The molecule has 0 aromatic carbocycles. The van der Waals surface area contributed by atoms with Crippen LogP contribution in [0.15, 0.2) is 27.4 Å². The first-order valence-electron chi connectivity index (χ1n) is 5.20. The number of halogens is 1. The molecule has 2 aromatic heterocycles. The average Bonchev–Trinajstić information content (AvgIpc) is 2.87. The molecule has 0 atom stereocenters. The normalized spacial score (nSPS) is 10.9. The maximum atomic E-state index is 5.84. The van der Waals surface area contributed by atoms with Gasteiger partial charge in [0, 0.05) is 0 Å². The van der Waals surface area contributed by atoms with E-state index in [1.807, 2.05) is 0 Å². The van der Waals surface area contributed by atoms with Crippen LogP contribution in [0.1, 0.15) is 19.2 Å². The summed E-state index contributed by atoms with van der Waals surface area (Å²) in [7, 11) is 0. The molecule has 4 nitrogen and oxygen atoms in total. The molecule has 0 aliphatic heterocycles. The van der Waals surface area contributed by atoms with E-state index in [9.17, 15) is 0 Å². The zero-order chi connectivity index (χ0) is 11.4. The third kappa shape index (κ3) is 2.46. The zero-order valence-corrected chi connectivity index (χ0v) is 9.75. The van der Waals surface area contributed by atoms with Crippen LogP contribution in [0.4, 0.5) is 0 Å². The Labute approximate surface area is 98.6 Å². The molecule has 0 radical (unpaired) electrons. The Balaban J connectivity index is 2.05. The first-order chi connectivity index (χ1) is 7.81. The van der Waals surface area contributed by atoms with Crippen molar-refractivity contribution in [1.29, 1.82) is 0 Å². The number of hydrogen-bond donors (Lipinski definition) is 1. The van der Waals surface area contributed by atoms with E-state index in [-0.39, 0.29) is 0 Å². The second-order valence-electron chi connectivity index (χ2n) is 3.40. The molecule has 0 fully saturated rings. The second kappa shape index (κ2) is 5.18. The molecule has 0 amide bonds. The molecule has 5 heteroatoms. The summed E-state index contributed by atoms with van der Waals surface area (Å²) >= 11 is 5.84. The Morgan fingerprint density at radius 2 is 2.38 bits per heavy atom. The first-order valence-corrected chi connectivity index (χ1v) is 5.58. The van der Waals surface area contributed by atoms with Gasteiger partial charge in [-0.25, -0.2) is 4.98 Å². The summed E-state index contributed by atoms with van der Waals surface area (Å²) in [5.41, 5.74) is 0.732. The fraction of sp³-hybridized carbons (Fsp3) is 0.364. The third-order valence-corrected chi connectivity index (χ3v) is 2.43. The molecule has 0 bridgehead atoms. The summed E-state index contributed by atoms with van der Waals surface area (Å²) in [5.74, 6) is 1.28. The van der Waals surface area contributed by atoms with E-state index in [0.29, 0.717) is 23.4 Å². The topological polar surface area (TPSA) is 51.2 Å². The maximum Gasteiger partial charge on any atom is 0.208 e. The second-order valence-corrected chi connectivity index (χ2v) is 3.75. The lowest BCUT2D eigenvalue weighted by molar-refractivity contribution is 0.477. The molecule has 2 rings (SSSR count). The summed E-state index contributed by atoms with van der Waals surface area (Å²) in [5, 5.41) is 3.54. The van der Waals surface area contributed by atoms with Crippen molar-refractivity contribution in [3.05, 3.63) is 29.6 Å². The molecule has 1 N–H and O–H groups in total. The van der Waals surface area contributed by atoms with Gasteiger partial charge in [-0.05, 0) is 30.6 Å². The molecule has 0 aliphatic rings. The Morgan fingerprint density at radius 1 is 1.50 bits per heavy atom.